The van der Waals surface area contributed by atoms with Crippen molar-refractivity contribution < 1.29 is 19.1 Å². The number of nitrogens with one attached hydrogen (secondary N) is 2. The molecule has 3 amide bonds. The van der Waals surface area contributed by atoms with Crippen LogP contribution in [-0.4, -0.2) is 36.8 Å². The van der Waals surface area contributed by atoms with E-state index in [0.717, 1.165) is 36.1 Å². The quantitative estimate of drug-likeness (QED) is 0.462. The van der Waals surface area contributed by atoms with Crippen LogP contribution >= 0.6 is 11.8 Å². The highest BCUT2D eigenvalue weighted by molar-refractivity contribution is 7.98. The summed E-state index contributed by atoms with van der Waals surface area (Å²) in [6, 6.07) is 7.25. The minimum absolute atomic E-state index is 0.121. The average molecular weight is 362 g/mol. The summed E-state index contributed by atoms with van der Waals surface area (Å²) >= 11 is 1.63. The van der Waals surface area contributed by atoms with Crippen molar-refractivity contribution in [3.05, 3.63) is 35.9 Å². The van der Waals surface area contributed by atoms with Gasteiger partial charge in [-0.05, 0) is 42.9 Å². The van der Waals surface area contributed by atoms with Crippen LogP contribution in [0.3, 0.4) is 0 Å². The van der Waals surface area contributed by atoms with E-state index in [0.29, 0.717) is 0 Å². The van der Waals surface area contributed by atoms with Crippen LogP contribution in [-0.2, 0) is 14.3 Å². The molecule has 0 unspecified atom stereocenters. The van der Waals surface area contributed by atoms with Gasteiger partial charge >= 0.3 is 12.0 Å². The third kappa shape index (κ3) is 7.01. The summed E-state index contributed by atoms with van der Waals surface area (Å²) in [6.45, 7) is -0.493. The molecular weight excluding hydrogens is 340 g/mol. The first-order valence-corrected chi connectivity index (χ1v) is 9.38. The standard InChI is InChI=1S/C18H22N2O4S/c1-25-15-9-6-13(7-10-15)8-11-17(22)24-12-16(21)20-18(23)19-14-4-2-3-5-14/h6-11,14H,2-5,12H2,1H3,(H2,19,20,21,23). The molecule has 1 aliphatic rings. The van der Waals surface area contributed by atoms with E-state index in [4.69, 9.17) is 4.74 Å². The molecule has 0 aliphatic heterocycles. The Hall–Kier alpha value is -2.28. The summed E-state index contributed by atoms with van der Waals surface area (Å²) in [6.07, 6.45) is 8.88. The molecule has 1 saturated carbocycles. The van der Waals surface area contributed by atoms with Gasteiger partial charge in [0.15, 0.2) is 6.61 Å². The molecule has 7 heteroatoms. The first-order chi connectivity index (χ1) is 12.1. The maximum Gasteiger partial charge on any atom is 0.331 e. The zero-order valence-electron chi connectivity index (χ0n) is 14.1. The van der Waals surface area contributed by atoms with Crippen molar-refractivity contribution in [2.75, 3.05) is 12.9 Å². The fourth-order valence-corrected chi connectivity index (χ4v) is 2.93. The van der Waals surface area contributed by atoms with Gasteiger partial charge in [-0.15, -0.1) is 11.8 Å². The summed E-state index contributed by atoms with van der Waals surface area (Å²) in [7, 11) is 0. The Kier molecular flexibility index (Phi) is 7.53. The molecule has 2 rings (SSSR count). The smallest absolute Gasteiger partial charge is 0.331 e. The summed E-state index contributed by atoms with van der Waals surface area (Å²) in [5.74, 6) is -1.29. The zero-order chi connectivity index (χ0) is 18.1. The van der Waals surface area contributed by atoms with Crippen molar-refractivity contribution in [3.63, 3.8) is 0 Å². The van der Waals surface area contributed by atoms with Crippen molar-refractivity contribution in [1.82, 2.24) is 10.6 Å². The summed E-state index contributed by atoms with van der Waals surface area (Å²) in [5, 5.41) is 4.88. The largest absolute Gasteiger partial charge is 0.452 e. The Labute approximate surface area is 151 Å². The Morgan fingerprint density at radius 1 is 1.20 bits per heavy atom. The van der Waals surface area contributed by atoms with E-state index in [-0.39, 0.29) is 6.04 Å². The lowest BCUT2D eigenvalue weighted by molar-refractivity contribution is -0.143. The number of hydrogen-bond acceptors (Lipinski definition) is 5. The molecule has 0 aromatic heterocycles. The lowest BCUT2D eigenvalue weighted by Gasteiger charge is -2.12. The second-order valence-electron chi connectivity index (χ2n) is 5.72. The van der Waals surface area contributed by atoms with E-state index in [1.807, 2.05) is 30.5 Å². The third-order valence-electron chi connectivity index (χ3n) is 3.82. The topological polar surface area (TPSA) is 84.5 Å². The molecule has 0 radical (unpaired) electrons. The Balaban J connectivity index is 1.68. The minimum Gasteiger partial charge on any atom is -0.452 e. The van der Waals surface area contributed by atoms with Gasteiger partial charge in [0.1, 0.15) is 0 Å². The first kappa shape index (κ1) is 19.1. The molecule has 0 spiro atoms. The predicted molar refractivity (Wildman–Crippen MR) is 97.1 cm³/mol. The van der Waals surface area contributed by atoms with Crippen LogP contribution < -0.4 is 10.6 Å². The molecule has 134 valence electrons. The van der Waals surface area contributed by atoms with Crippen LogP contribution in [0.25, 0.3) is 6.08 Å². The van der Waals surface area contributed by atoms with E-state index >= 15 is 0 Å². The first-order valence-electron chi connectivity index (χ1n) is 8.16. The van der Waals surface area contributed by atoms with Crippen LogP contribution in [0, 0.1) is 0 Å². The molecule has 1 aromatic rings. The van der Waals surface area contributed by atoms with Crippen molar-refractivity contribution >= 4 is 35.7 Å². The van der Waals surface area contributed by atoms with E-state index in [1.165, 1.54) is 6.08 Å². The molecule has 0 saturated heterocycles. The number of carbonyl (C=O) groups excluding carboxylic acids is 3. The van der Waals surface area contributed by atoms with Gasteiger partial charge in [0, 0.05) is 17.0 Å². The number of urea groups is 1. The third-order valence-corrected chi connectivity index (χ3v) is 4.56. The van der Waals surface area contributed by atoms with Crippen LogP contribution in [0.2, 0.25) is 0 Å². The summed E-state index contributed by atoms with van der Waals surface area (Å²) in [4.78, 5) is 36.0. The Bertz CT molecular complexity index is 637. The SMILES string of the molecule is CSc1ccc(C=CC(=O)OCC(=O)NC(=O)NC2CCCC2)cc1. The highest BCUT2D eigenvalue weighted by Gasteiger charge is 2.18. The van der Waals surface area contributed by atoms with Crippen LogP contribution in [0.5, 0.6) is 0 Å². The number of ether oxygens (including phenoxy) is 1. The molecule has 1 fully saturated rings. The number of thioether (sulfide) groups is 1. The normalized spacial score (nSPS) is 14.4. The van der Waals surface area contributed by atoms with E-state index in [9.17, 15) is 14.4 Å². The summed E-state index contributed by atoms with van der Waals surface area (Å²) in [5.41, 5.74) is 0.857. The van der Waals surface area contributed by atoms with Crippen molar-refractivity contribution in [1.29, 1.82) is 0 Å². The van der Waals surface area contributed by atoms with E-state index < -0.39 is 24.5 Å². The van der Waals surface area contributed by atoms with Gasteiger partial charge in [-0.3, -0.25) is 10.1 Å². The maximum absolute atomic E-state index is 11.6. The molecule has 25 heavy (non-hydrogen) atoms. The molecule has 6 nitrogen and oxygen atoms in total. The fourth-order valence-electron chi connectivity index (χ4n) is 2.52. The molecular formula is C18H22N2O4S. The van der Waals surface area contributed by atoms with Gasteiger partial charge in [-0.2, -0.15) is 0 Å². The number of carbonyl (C=O) groups is 3. The van der Waals surface area contributed by atoms with E-state index in [1.54, 1.807) is 17.8 Å². The van der Waals surface area contributed by atoms with Crippen LogP contribution in [0.1, 0.15) is 31.2 Å². The number of hydrogen-bond donors (Lipinski definition) is 2. The molecule has 0 heterocycles. The molecule has 0 bridgehead atoms. The van der Waals surface area contributed by atoms with Crippen LogP contribution in [0.15, 0.2) is 35.2 Å². The highest BCUT2D eigenvalue weighted by Crippen LogP contribution is 2.17. The van der Waals surface area contributed by atoms with Gasteiger partial charge in [-0.1, -0.05) is 25.0 Å². The monoisotopic (exact) mass is 362 g/mol. The zero-order valence-corrected chi connectivity index (χ0v) is 14.9. The van der Waals surface area contributed by atoms with Gasteiger partial charge in [-0.25, -0.2) is 9.59 Å². The lowest BCUT2D eigenvalue weighted by Crippen LogP contribution is -2.44. The van der Waals surface area contributed by atoms with Crippen molar-refractivity contribution in [3.8, 4) is 0 Å². The maximum atomic E-state index is 11.6. The molecule has 2 N–H and O–H groups in total. The fraction of sp³-hybridized carbons (Fsp3) is 0.389. The molecule has 1 aromatic carbocycles. The molecule has 1 aliphatic carbocycles. The van der Waals surface area contributed by atoms with E-state index in [2.05, 4.69) is 10.6 Å². The number of esters is 1. The second-order valence-corrected chi connectivity index (χ2v) is 6.60. The average Bonchev–Trinajstić information content (AvgIpc) is 3.11. The number of amides is 3. The minimum atomic E-state index is -0.651. The second kappa shape index (κ2) is 9.88. The van der Waals surface area contributed by atoms with Crippen molar-refractivity contribution in [2.24, 2.45) is 0 Å². The number of imide groups is 1. The molecule has 0 atom stereocenters. The van der Waals surface area contributed by atoms with Gasteiger partial charge < -0.3 is 10.1 Å². The van der Waals surface area contributed by atoms with Gasteiger partial charge in [0.05, 0.1) is 0 Å². The highest BCUT2D eigenvalue weighted by atomic mass is 32.2. The van der Waals surface area contributed by atoms with Crippen LogP contribution in [0.4, 0.5) is 4.79 Å². The Morgan fingerprint density at radius 2 is 1.88 bits per heavy atom. The summed E-state index contributed by atoms with van der Waals surface area (Å²) < 4.78 is 4.82. The van der Waals surface area contributed by atoms with Gasteiger partial charge in [0.2, 0.25) is 0 Å². The van der Waals surface area contributed by atoms with Gasteiger partial charge in [0.25, 0.3) is 5.91 Å². The number of rotatable bonds is 6. The predicted octanol–water partition coefficient (Wildman–Crippen LogP) is 2.73. The number of benzene rings is 1. The van der Waals surface area contributed by atoms with Crippen molar-refractivity contribution in [2.45, 2.75) is 36.6 Å². The Morgan fingerprint density at radius 3 is 2.52 bits per heavy atom. The lowest BCUT2D eigenvalue weighted by atomic mass is 10.2.